The van der Waals surface area contributed by atoms with Crippen molar-refractivity contribution in [1.29, 1.82) is 0 Å². The molecule has 4 heteroatoms. The molecule has 0 aliphatic carbocycles. The molecule has 0 aromatic rings. The van der Waals surface area contributed by atoms with Gasteiger partial charge in [0.1, 0.15) is 0 Å². The van der Waals surface area contributed by atoms with E-state index >= 15 is 0 Å². The molecular formula is C11H23NO3. The fourth-order valence-electron chi connectivity index (χ4n) is 1.76. The van der Waals surface area contributed by atoms with Crippen LogP contribution in [0.2, 0.25) is 0 Å². The summed E-state index contributed by atoms with van der Waals surface area (Å²) >= 11 is 0. The van der Waals surface area contributed by atoms with Crippen LogP contribution in [0.25, 0.3) is 0 Å². The number of aliphatic hydroxyl groups excluding tert-OH is 1. The molecule has 15 heavy (non-hydrogen) atoms. The van der Waals surface area contributed by atoms with Crippen LogP contribution in [0.1, 0.15) is 26.2 Å². The Kier molecular flexibility index (Phi) is 6.92. The molecule has 4 nitrogen and oxygen atoms in total. The smallest absolute Gasteiger partial charge is 0.0704 e. The minimum Gasteiger partial charge on any atom is -0.394 e. The van der Waals surface area contributed by atoms with Crippen LogP contribution in [0.5, 0.6) is 0 Å². The van der Waals surface area contributed by atoms with Gasteiger partial charge in [-0.2, -0.15) is 0 Å². The molecule has 0 spiro atoms. The summed E-state index contributed by atoms with van der Waals surface area (Å²) in [5.74, 6) is 0. The first-order valence-corrected chi connectivity index (χ1v) is 5.87. The Morgan fingerprint density at radius 1 is 1.40 bits per heavy atom. The van der Waals surface area contributed by atoms with Crippen molar-refractivity contribution in [2.24, 2.45) is 0 Å². The van der Waals surface area contributed by atoms with Gasteiger partial charge in [0.05, 0.1) is 25.4 Å². The van der Waals surface area contributed by atoms with Crippen molar-refractivity contribution < 1.29 is 14.6 Å². The molecule has 1 saturated heterocycles. The second kappa shape index (κ2) is 8.05. The average molecular weight is 217 g/mol. The molecule has 0 aromatic heterocycles. The number of rotatable bonds is 8. The number of ether oxygens (including phenoxy) is 2. The summed E-state index contributed by atoms with van der Waals surface area (Å²) < 4.78 is 10.8. The highest BCUT2D eigenvalue weighted by molar-refractivity contribution is 4.72. The summed E-state index contributed by atoms with van der Waals surface area (Å²) in [5.41, 5.74) is 0. The fourth-order valence-corrected chi connectivity index (χ4v) is 1.76. The molecule has 0 saturated carbocycles. The van der Waals surface area contributed by atoms with Gasteiger partial charge < -0.3 is 19.9 Å². The third-order valence-corrected chi connectivity index (χ3v) is 2.57. The van der Waals surface area contributed by atoms with Gasteiger partial charge in [-0.3, -0.25) is 0 Å². The summed E-state index contributed by atoms with van der Waals surface area (Å²) in [7, 11) is 0. The molecule has 1 rings (SSSR count). The summed E-state index contributed by atoms with van der Waals surface area (Å²) in [4.78, 5) is 0. The van der Waals surface area contributed by atoms with E-state index in [-0.39, 0.29) is 6.61 Å². The summed E-state index contributed by atoms with van der Waals surface area (Å²) in [6.07, 6.45) is 4.19. The first-order chi connectivity index (χ1) is 7.33. The summed E-state index contributed by atoms with van der Waals surface area (Å²) in [6.45, 7) is 5.31. The lowest BCUT2D eigenvalue weighted by Gasteiger charge is -2.12. The van der Waals surface area contributed by atoms with E-state index in [2.05, 4.69) is 12.2 Å². The molecule has 0 bridgehead atoms. The summed E-state index contributed by atoms with van der Waals surface area (Å²) in [5, 5.41) is 11.8. The molecule has 1 heterocycles. The van der Waals surface area contributed by atoms with E-state index in [0.717, 1.165) is 26.1 Å². The van der Waals surface area contributed by atoms with Crippen LogP contribution in [-0.4, -0.2) is 50.2 Å². The lowest BCUT2D eigenvalue weighted by atomic mass is 10.2. The van der Waals surface area contributed by atoms with Crippen molar-refractivity contribution in [2.75, 3.05) is 32.9 Å². The molecule has 0 aromatic carbocycles. The van der Waals surface area contributed by atoms with Crippen molar-refractivity contribution in [3.8, 4) is 0 Å². The number of hydrogen-bond donors (Lipinski definition) is 2. The van der Waals surface area contributed by atoms with Gasteiger partial charge in [-0.15, -0.1) is 0 Å². The quantitative estimate of drug-likeness (QED) is 0.583. The zero-order valence-corrected chi connectivity index (χ0v) is 9.58. The number of aliphatic hydroxyl groups is 1. The predicted molar refractivity (Wildman–Crippen MR) is 59.0 cm³/mol. The fraction of sp³-hybridized carbons (Fsp3) is 1.00. The Labute approximate surface area is 92.0 Å². The molecule has 2 N–H and O–H groups in total. The minimum absolute atomic E-state index is 0.112. The van der Waals surface area contributed by atoms with E-state index in [4.69, 9.17) is 14.6 Å². The largest absolute Gasteiger partial charge is 0.394 e. The number of hydrogen-bond acceptors (Lipinski definition) is 4. The normalized spacial score (nSPS) is 26.0. The van der Waals surface area contributed by atoms with Crippen molar-refractivity contribution in [3.05, 3.63) is 0 Å². The maximum atomic E-state index is 8.48. The molecule has 1 fully saturated rings. The standard InChI is InChI=1S/C11H23NO3/c1-10-3-4-11(15-10)9-12-5-2-7-14-8-6-13/h10-13H,2-9H2,1H3. The van der Waals surface area contributed by atoms with E-state index < -0.39 is 0 Å². The minimum atomic E-state index is 0.112. The Morgan fingerprint density at radius 3 is 2.93 bits per heavy atom. The molecule has 0 amide bonds. The van der Waals surface area contributed by atoms with Crippen LogP contribution in [0.4, 0.5) is 0 Å². The first kappa shape index (κ1) is 12.9. The topological polar surface area (TPSA) is 50.7 Å². The van der Waals surface area contributed by atoms with E-state index in [0.29, 0.717) is 18.8 Å². The van der Waals surface area contributed by atoms with Gasteiger partial charge in [-0.25, -0.2) is 0 Å². The van der Waals surface area contributed by atoms with Crippen LogP contribution in [0.15, 0.2) is 0 Å². The molecule has 2 unspecified atom stereocenters. The van der Waals surface area contributed by atoms with Crippen molar-refractivity contribution >= 4 is 0 Å². The van der Waals surface area contributed by atoms with Crippen LogP contribution >= 0.6 is 0 Å². The van der Waals surface area contributed by atoms with Gasteiger partial charge in [0, 0.05) is 13.2 Å². The number of nitrogens with one attached hydrogen (secondary N) is 1. The Hall–Kier alpha value is -0.160. The van der Waals surface area contributed by atoms with E-state index in [1.165, 1.54) is 12.8 Å². The monoisotopic (exact) mass is 217 g/mol. The lowest BCUT2D eigenvalue weighted by Crippen LogP contribution is -2.28. The predicted octanol–water partition coefficient (Wildman–Crippen LogP) is 0.542. The first-order valence-electron chi connectivity index (χ1n) is 5.87. The molecule has 90 valence electrons. The molecule has 1 aliphatic rings. The Balaban J connectivity index is 1.81. The average Bonchev–Trinajstić information content (AvgIpc) is 2.63. The third kappa shape index (κ3) is 6.10. The van der Waals surface area contributed by atoms with Crippen LogP contribution < -0.4 is 5.32 Å². The van der Waals surface area contributed by atoms with Crippen molar-refractivity contribution in [2.45, 2.75) is 38.4 Å². The van der Waals surface area contributed by atoms with Gasteiger partial charge in [0.2, 0.25) is 0 Å². The highest BCUT2D eigenvalue weighted by Crippen LogP contribution is 2.17. The molecule has 1 aliphatic heterocycles. The van der Waals surface area contributed by atoms with Gasteiger partial charge in [0.25, 0.3) is 0 Å². The Morgan fingerprint density at radius 2 is 2.27 bits per heavy atom. The SMILES string of the molecule is CC1CCC(CNCCCOCCO)O1. The highest BCUT2D eigenvalue weighted by Gasteiger charge is 2.20. The van der Waals surface area contributed by atoms with Crippen LogP contribution in [0, 0.1) is 0 Å². The zero-order chi connectivity index (χ0) is 10.9. The maximum absolute atomic E-state index is 8.48. The van der Waals surface area contributed by atoms with Gasteiger partial charge in [0.15, 0.2) is 0 Å². The zero-order valence-electron chi connectivity index (χ0n) is 9.58. The Bertz CT molecular complexity index is 155. The van der Waals surface area contributed by atoms with Gasteiger partial charge in [-0.1, -0.05) is 0 Å². The van der Waals surface area contributed by atoms with Crippen molar-refractivity contribution in [3.63, 3.8) is 0 Å². The second-order valence-electron chi connectivity index (χ2n) is 4.04. The molecule has 0 radical (unpaired) electrons. The third-order valence-electron chi connectivity index (χ3n) is 2.57. The van der Waals surface area contributed by atoms with Crippen LogP contribution in [-0.2, 0) is 9.47 Å². The van der Waals surface area contributed by atoms with Crippen LogP contribution in [0.3, 0.4) is 0 Å². The second-order valence-corrected chi connectivity index (χ2v) is 4.04. The van der Waals surface area contributed by atoms with Gasteiger partial charge in [-0.05, 0) is 32.7 Å². The van der Waals surface area contributed by atoms with E-state index in [9.17, 15) is 0 Å². The molecular weight excluding hydrogens is 194 g/mol. The van der Waals surface area contributed by atoms with Crippen molar-refractivity contribution in [1.82, 2.24) is 5.32 Å². The highest BCUT2D eigenvalue weighted by atomic mass is 16.5. The maximum Gasteiger partial charge on any atom is 0.0704 e. The summed E-state index contributed by atoms with van der Waals surface area (Å²) in [6, 6.07) is 0. The van der Waals surface area contributed by atoms with E-state index in [1.807, 2.05) is 0 Å². The van der Waals surface area contributed by atoms with E-state index in [1.54, 1.807) is 0 Å². The lowest BCUT2D eigenvalue weighted by molar-refractivity contribution is 0.0550. The van der Waals surface area contributed by atoms with Gasteiger partial charge >= 0.3 is 0 Å². The molecule has 2 atom stereocenters.